The maximum Gasteiger partial charge on any atom is 0.0634 e. The van der Waals surface area contributed by atoms with E-state index in [0.717, 1.165) is 19.4 Å². The maximum atomic E-state index is 5.39. The maximum absolute atomic E-state index is 5.39. The Morgan fingerprint density at radius 1 is 1.50 bits per heavy atom. The van der Waals surface area contributed by atoms with Gasteiger partial charge in [-0.15, -0.1) is 11.3 Å². The lowest BCUT2D eigenvalue weighted by molar-refractivity contribution is 0.0154. The Bertz CT molecular complexity index is 282. The lowest BCUT2D eigenvalue weighted by atomic mass is 10.1. The Morgan fingerprint density at radius 3 is 2.81 bits per heavy atom. The quantitative estimate of drug-likeness (QED) is 0.792. The van der Waals surface area contributed by atoms with Crippen LogP contribution >= 0.6 is 11.3 Å². The largest absolute Gasteiger partial charge is 0.379 e. The molecule has 0 fully saturated rings. The minimum Gasteiger partial charge on any atom is -0.379 e. The van der Waals surface area contributed by atoms with Gasteiger partial charge in [-0.05, 0) is 51.6 Å². The molecule has 92 valence electrons. The van der Waals surface area contributed by atoms with Crippen LogP contribution in [0.3, 0.4) is 0 Å². The molecule has 0 aliphatic carbocycles. The van der Waals surface area contributed by atoms with Crippen molar-refractivity contribution in [2.75, 3.05) is 13.7 Å². The summed E-state index contributed by atoms with van der Waals surface area (Å²) >= 11 is 1.83. The SMILES string of the molecule is COC(C)(C)CCNC(C)Cc1cccs1. The van der Waals surface area contributed by atoms with E-state index in [9.17, 15) is 0 Å². The summed E-state index contributed by atoms with van der Waals surface area (Å²) in [5.41, 5.74) is -0.0182. The van der Waals surface area contributed by atoms with Crippen LogP contribution in [0.4, 0.5) is 0 Å². The highest BCUT2D eigenvalue weighted by atomic mass is 32.1. The fourth-order valence-electron chi connectivity index (χ4n) is 1.52. The van der Waals surface area contributed by atoms with E-state index < -0.39 is 0 Å². The topological polar surface area (TPSA) is 21.3 Å². The van der Waals surface area contributed by atoms with Gasteiger partial charge in [-0.2, -0.15) is 0 Å². The predicted molar refractivity (Wildman–Crippen MR) is 71.2 cm³/mol. The first kappa shape index (κ1) is 13.7. The summed E-state index contributed by atoms with van der Waals surface area (Å²) in [6, 6.07) is 4.84. The summed E-state index contributed by atoms with van der Waals surface area (Å²) in [5, 5.41) is 5.67. The van der Waals surface area contributed by atoms with Crippen molar-refractivity contribution in [1.29, 1.82) is 0 Å². The van der Waals surface area contributed by atoms with Crippen molar-refractivity contribution >= 4 is 11.3 Å². The molecule has 0 radical (unpaired) electrons. The molecular formula is C13H23NOS. The second kappa shape index (κ2) is 6.38. The third kappa shape index (κ3) is 5.10. The van der Waals surface area contributed by atoms with Crippen LogP contribution in [-0.2, 0) is 11.2 Å². The van der Waals surface area contributed by atoms with Gasteiger partial charge in [0.15, 0.2) is 0 Å². The molecule has 0 saturated carbocycles. The van der Waals surface area contributed by atoms with Crippen molar-refractivity contribution in [1.82, 2.24) is 5.32 Å². The van der Waals surface area contributed by atoms with Gasteiger partial charge in [0.2, 0.25) is 0 Å². The van der Waals surface area contributed by atoms with Gasteiger partial charge in [0.05, 0.1) is 5.60 Å². The molecule has 3 heteroatoms. The highest BCUT2D eigenvalue weighted by Crippen LogP contribution is 2.13. The molecular weight excluding hydrogens is 218 g/mol. The Balaban J connectivity index is 2.18. The third-order valence-corrected chi connectivity index (χ3v) is 3.76. The number of nitrogens with one attached hydrogen (secondary N) is 1. The first-order valence-electron chi connectivity index (χ1n) is 5.84. The van der Waals surface area contributed by atoms with Crippen molar-refractivity contribution in [2.45, 2.75) is 45.3 Å². The van der Waals surface area contributed by atoms with Crippen molar-refractivity contribution in [3.05, 3.63) is 22.4 Å². The molecule has 1 rings (SSSR count). The van der Waals surface area contributed by atoms with Crippen LogP contribution in [0, 0.1) is 0 Å². The van der Waals surface area contributed by atoms with Crippen molar-refractivity contribution < 1.29 is 4.74 Å². The van der Waals surface area contributed by atoms with Crippen molar-refractivity contribution in [3.8, 4) is 0 Å². The molecule has 0 amide bonds. The van der Waals surface area contributed by atoms with Gasteiger partial charge in [0.25, 0.3) is 0 Å². The lowest BCUT2D eigenvalue weighted by Gasteiger charge is -2.24. The smallest absolute Gasteiger partial charge is 0.0634 e. The normalized spacial score (nSPS) is 14.0. The van der Waals surface area contributed by atoms with E-state index in [4.69, 9.17) is 4.74 Å². The molecule has 1 heterocycles. The van der Waals surface area contributed by atoms with E-state index in [1.165, 1.54) is 4.88 Å². The van der Waals surface area contributed by atoms with E-state index in [1.807, 2.05) is 11.3 Å². The fourth-order valence-corrected chi connectivity index (χ4v) is 2.36. The number of thiophene rings is 1. The summed E-state index contributed by atoms with van der Waals surface area (Å²) < 4.78 is 5.39. The molecule has 16 heavy (non-hydrogen) atoms. The number of rotatable bonds is 7. The van der Waals surface area contributed by atoms with Gasteiger partial charge in [0, 0.05) is 18.0 Å². The monoisotopic (exact) mass is 241 g/mol. The Morgan fingerprint density at radius 2 is 2.25 bits per heavy atom. The molecule has 1 N–H and O–H groups in total. The number of methoxy groups -OCH3 is 1. The van der Waals surface area contributed by atoms with Crippen LogP contribution in [-0.4, -0.2) is 25.3 Å². The Hall–Kier alpha value is -0.380. The van der Waals surface area contributed by atoms with Gasteiger partial charge < -0.3 is 10.1 Å². The third-order valence-electron chi connectivity index (χ3n) is 2.86. The van der Waals surface area contributed by atoms with Gasteiger partial charge in [-0.25, -0.2) is 0 Å². The Kier molecular flexibility index (Phi) is 5.46. The minimum absolute atomic E-state index is 0.0182. The van der Waals surface area contributed by atoms with E-state index in [1.54, 1.807) is 7.11 Å². The van der Waals surface area contributed by atoms with E-state index in [-0.39, 0.29) is 5.60 Å². The molecule has 0 aliphatic rings. The number of hydrogen-bond acceptors (Lipinski definition) is 3. The molecule has 0 saturated heterocycles. The zero-order valence-corrected chi connectivity index (χ0v) is 11.6. The molecule has 1 unspecified atom stereocenters. The van der Waals surface area contributed by atoms with E-state index in [0.29, 0.717) is 6.04 Å². The van der Waals surface area contributed by atoms with Gasteiger partial charge >= 0.3 is 0 Å². The van der Waals surface area contributed by atoms with Crippen LogP contribution < -0.4 is 5.32 Å². The molecule has 0 spiro atoms. The molecule has 0 aliphatic heterocycles. The second-order valence-corrected chi connectivity index (χ2v) is 5.88. The standard InChI is InChI=1S/C13H23NOS/c1-11(10-12-6-5-9-16-12)14-8-7-13(2,3)15-4/h5-6,9,11,14H,7-8,10H2,1-4H3. The van der Waals surface area contributed by atoms with Gasteiger partial charge in [-0.3, -0.25) is 0 Å². The van der Waals surface area contributed by atoms with Crippen LogP contribution in [0.15, 0.2) is 17.5 Å². The molecule has 1 aromatic rings. The van der Waals surface area contributed by atoms with Crippen molar-refractivity contribution in [3.63, 3.8) is 0 Å². The second-order valence-electron chi connectivity index (χ2n) is 4.85. The van der Waals surface area contributed by atoms with Gasteiger partial charge in [0.1, 0.15) is 0 Å². The fraction of sp³-hybridized carbons (Fsp3) is 0.692. The van der Waals surface area contributed by atoms with Crippen LogP contribution in [0.1, 0.15) is 32.1 Å². The minimum atomic E-state index is -0.0182. The average molecular weight is 241 g/mol. The summed E-state index contributed by atoms with van der Waals surface area (Å²) in [7, 11) is 1.77. The lowest BCUT2D eigenvalue weighted by Crippen LogP contribution is -2.34. The number of hydrogen-bond donors (Lipinski definition) is 1. The first-order valence-corrected chi connectivity index (χ1v) is 6.72. The Labute approximate surface area is 103 Å². The average Bonchev–Trinajstić information content (AvgIpc) is 2.70. The molecule has 0 bridgehead atoms. The molecule has 2 nitrogen and oxygen atoms in total. The number of ether oxygens (including phenoxy) is 1. The van der Waals surface area contributed by atoms with Crippen LogP contribution in [0.25, 0.3) is 0 Å². The molecule has 1 aromatic heterocycles. The summed E-state index contributed by atoms with van der Waals surface area (Å²) in [6.45, 7) is 7.49. The highest BCUT2D eigenvalue weighted by Gasteiger charge is 2.15. The van der Waals surface area contributed by atoms with Crippen LogP contribution in [0.2, 0.25) is 0 Å². The molecule has 0 aromatic carbocycles. The zero-order chi connectivity index (χ0) is 12.0. The van der Waals surface area contributed by atoms with E-state index >= 15 is 0 Å². The van der Waals surface area contributed by atoms with Gasteiger partial charge in [-0.1, -0.05) is 6.07 Å². The summed E-state index contributed by atoms with van der Waals surface area (Å²) in [4.78, 5) is 1.45. The molecule has 1 atom stereocenters. The van der Waals surface area contributed by atoms with Crippen molar-refractivity contribution in [2.24, 2.45) is 0 Å². The summed E-state index contributed by atoms with van der Waals surface area (Å²) in [5.74, 6) is 0. The summed E-state index contributed by atoms with van der Waals surface area (Å²) in [6.07, 6.45) is 2.16. The van der Waals surface area contributed by atoms with Crippen LogP contribution in [0.5, 0.6) is 0 Å². The zero-order valence-electron chi connectivity index (χ0n) is 10.7. The highest BCUT2D eigenvalue weighted by molar-refractivity contribution is 7.09. The van der Waals surface area contributed by atoms with E-state index in [2.05, 4.69) is 43.6 Å². The first-order chi connectivity index (χ1) is 7.53. The predicted octanol–water partition coefficient (Wildman–Crippen LogP) is 3.08.